The number of hydrogen-bond donors (Lipinski definition) is 4. The molecule has 5 N–H and O–H groups in total. The maximum atomic E-state index is 10.9. The van der Waals surface area contributed by atoms with Crippen molar-refractivity contribution in [2.24, 2.45) is 0 Å². The highest BCUT2D eigenvalue weighted by atomic mass is 16.5. The highest BCUT2D eigenvalue weighted by Crippen LogP contribution is 2.23. The SMILES string of the molecule is CCCOc1ccc(CC(C)NC(CO)C(=O)O)cc1N. The Morgan fingerprint density at radius 3 is 2.71 bits per heavy atom. The molecule has 0 bridgehead atoms. The van der Waals surface area contributed by atoms with E-state index in [1.54, 1.807) is 0 Å². The molecule has 0 aromatic heterocycles. The second kappa shape index (κ2) is 8.49. The predicted molar refractivity (Wildman–Crippen MR) is 81.5 cm³/mol. The number of ether oxygens (including phenoxy) is 1. The van der Waals surface area contributed by atoms with Gasteiger partial charge >= 0.3 is 5.97 Å². The van der Waals surface area contributed by atoms with E-state index < -0.39 is 18.6 Å². The Bertz CT molecular complexity index is 465. The summed E-state index contributed by atoms with van der Waals surface area (Å²) in [5.41, 5.74) is 7.49. The van der Waals surface area contributed by atoms with Gasteiger partial charge in [0, 0.05) is 6.04 Å². The molecule has 0 spiro atoms. The van der Waals surface area contributed by atoms with Gasteiger partial charge in [-0.05, 0) is 37.5 Å². The van der Waals surface area contributed by atoms with E-state index in [0.717, 1.165) is 12.0 Å². The smallest absolute Gasteiger partial charge is 0.323 e. The van der Waals surface area contributed by atoms with Gasteiger partial charge in [0.2, 0.25) is 0 Å². The van der Waals surface area contributed by atoms with Crippen LogP contribution in [0.2, 0.25) is 0 Å². The van der Waals surface area contributed by atoms with Crippen LogP contribution >= 0.6 is 0 Å². The molecule has 0 aliphatic carbocycles. The van der Waals surface area contributed by atoms with E-state index in [1.807, 2.05) is 32.0 Å². The van der Waals surface area contributed by atoms with Crippen LogP contribution in [-0.2, 0) is 11.2 Å². The zero-order valence-electron chi connectivity index (χ0n) is 12.5. The molecule has 21 heavy (non-hydrogen) atoms. The van der Waals surface area contributed by atoms with Crippen LogP contribution in [-0.4, -0.2) is 41.5 Å². The molecule has 0 fully saturated rings. The molecule has 0 aliphatic heterocycles. The average molecular weight is 296 g/mol. The maximum absolute atomic E-state index is 10.9. The Hall–Kier alpha value is -1.79. The number of nitrogens with two attached hydrogens (primary N) is 1. The number of nitrogen functional groups attached to an aromatic ring is 1. The molecule has 0 saturated carbocycles. The van der Waals surface area contributed by atoms with Crippen LogP contribution in [0, 0.1) is 0 Å². The van der Waals surface area contributed by atoms with Gasteiger partial charge in [-0.15, -0.1) is 0 Å². The first-order valence-electron chi connectivity index (χ1n) is 7.08. The maximum Gasteiger partial charge on any atom is 0.323 e. The van der Waals surface area contributed by atoms with E-state index in [2.05, 4.69) is 5.32 Å². The quantitative estimate of drug-likeness (QED) is 0.507. The van der Waals surface area contributed by atoms with Crippen molar-refractivity contribution in [3.63, 3.8) is 0 Å². The molecule has 0 aliphatic rings. The molecular weight excluding hydrogens is 272 g/mol. The van der Waals surface area contributed by atoms with Gasteiger partial charge in [0.05, 0.1) is 18.9 Å². The fourth-order valence-electron chi connectivity index (χ4n) is 2.03. The Morgan fingerprint density at radius 2 is 2.19 bits per heavy atom. The lowest BCUT2D eigenvalue weighted by atomic mass is 10.1. The molecule has 6 heteroatoms. The van der Waals surface area contributed by atoms with E-state index in [4.69, 9.17) is 20.7 Å². The zero-order chi connectivity index (χ0) is 15.8. The summed E-state index contributed by atoms with van der Waals surface area (Å²) in [4.78, 5) is 10.9. The lowest BCUT2D eigenvalue weighted by Gasteiger charge is -2.19. The fraction of sp³-hybridized carbons (Fsp3) is 0.533. The van der Waals surface area contributed by atoms with Gasteiger partial charge in [0.15, 0.2) is 0 Å². The Labute approximate surface area is 124 Å². The van der Waals surface area contributed by atoms with Gasteiger partial charge in [0.1, 0.15) is 11.8 Å². The van der Waals surface area contributed by atoms with Gasteiger partial charge in [-0.2, -0.15) is 0 Å². The van der Waals surface area contributed by atoms with E-state index >= 15 is 0 Å². The first kappa shape index (κ1) is 17.3. The van der Waals surface area contributed by atoms with Crippen LogP contribution in [0.1, 0.15) is 25.8 Å². The molecule has 0 amide bonds. The van der Waals surface area contributed by atoms with Gasteiger partial charge in [-0.3, -0.25) is 10.1 Å². The molecule has 6 nitrogen and oxygen atoms in total. The summed E-state index contributed by atoms with van der Waals surface area (Å²) >= 11 is 0. The number of benzene rings is 1. The lowest BCUT2D eigenvalue weighted by molar-refractivity contribution is -0.140. The molecule has 2 unspecified atom stereocenters. The topological polar surface area (TPSA) is 105 Å². The number of aliphatic hydroxyl groups is 1. The molecule has 0 radical (unpaired) electrons. The first-order chi connectivity index (χ1) is 9.97. The monoisotopic (exact) mass is 296 g/mol. The van der Waals surface area contributed by atoms with E-state index in [1.165, 1.54) is 0 Å². The number of anilines is 1. The van der Waals surface area contributed by atoms with Crippen LogP contribution < -0.4 is 15.8 Å². The highest BCUT2D eigenvalue weighted by Gasteiger charge is 2.18. The average Bonchev–Trinajstić information content (AvgIpc) is 2.43. The number of carbonyl (C=O) groups is 1. The minimum Gasteiger partial charge on any atom is -0.491 e. The van der Waals surface area contributed by atoms with E-state index in [-0.39, 0.29) is 6.04 Å². The van der Waals surface area contributed by atoms with Gasteiger partial charge in [-0.25, -0.2) is 0 Å². The molecule has 1 aromatic carbocycles. The number of hydrogen-bond acceptors (Lipinski definition) is 5. The second-order valence-corrected chi connectivity index (χ2v) is 5.07. The van der Waals surface area contributed by atoms with Crippen molar-refractivity contribution in [1.82, 2.24) is 5.32 Å². The van der Waals surface area contributed by atoms with E-state index in [9.17, 15) is 4.79 Å². The summed E-state index contributed by atoms with van der Waals surface area (Å²) in [6.45, 7) is 4.07. The van der Waals surface area contributed by atoms with Crippen LogP contribution in [0.15, 0.2) is 18.2 Å². The van der Waals surface area contributed by atoms with Crippen molar-refractivity contribution in [2.45, 2.75) is 38.8 Å². The van der Waals surface area contributed by atoms with Gasteiger partial charge in [0.25, 0.3) is 0 Å². The van der Waals surface area contributed by atoms with Crippen molar-refractivity contribution in [2.75, 3.05) is 18.9 Å². The third-order valence-electron chi connectivity index (χ3n) is 3.04. The van der Waals surface area contributed by atoms with E-state index in [0.29, 0.717) is 24.5 Å². The highest BCUT2D eigenvalue weighted by molar-refractivity contribution is 5.73. The Kier molecular flexibility index (Phi) is 6.98. The summed E-state index contributed by atoms with van der Waals surface area (Å²) < 4.78 is 5.51. The lowest BCUT2D eigenvalue weighted by Crippen LogP contribution is -2.45. The summed E-state index contributed by atoms with van der Waals surface area (Å²) in [7, 11) is 0. The van der Waals surface area contributed by atoms with Gasteiger partial charge < -0.3 is 20.7 Å². The molecular formula is C15H24N2O4. The van der Waals surface area contributed by atoms with Crippen molar-refractivity contribution in [1.29, 1.82) is 0 Å². The zero-order valence-corrected chi connectivity index (χ0v) is 12.5. The summed E-state index contributed by atoms with van der Waals surface area (Å²) in [6, 6.07) is 4.52. The number of rotatable bonds is 9. The summed E-state index contributed by atoms with van der Waals surface area (Å²) in [5.74, 6) is -0.396. The molecule has 1 rings (SSSR count). The molecule has 1 aromatic rings. The number of carboxylic acids is 1. The summed E-state index contributed by atoms with van der Waals surface area (Å²) in [5, 5.41) is 20.7. The largest absolute Gasteiger partial charge is 0.491 e. The third-order valence-corrected chi connectivity index (χ3v) is 3.04. The number of carboxylic acid groups (broad SMARTS) is 1. The van der Waals surface area contributed by atoms with Crippen molar-refractivity contribution in [3.8, 4) is 5.75 Å². The second-order valence-electron chi connectivity index (χ2n) is 5.07. The van der Waals surface area contributed by atoms with Gasteiger partial charge in [-0.1, -0.05) is 13.0 Å². The van der Waals surface area contributed by atoms with Crippen LogP contribution in [0.5, 0.6) is 5.75 Å². The van der Waals surface area contributed by atoms with Crippen molar-refractivity contribution >= 4 is 11.7 Å². The Morgan fingerprint density at radius 1 is 1.48 bits per heavy atom. The molecule has 118 valence electrons. The summed E-state index contributed by atoms with van der Waals surface area (Å²) in [6.07, 6.45) is 1.53. The Balaban J connectivity index is 2.62. The standard InChI is InChI=1S/C15H24N2O4/c1-3-6-21-14-5-4-11(8-12(14)16)7-10(2)17-13(9-18)15(19)20/h4-5,8,10,13,17-18H,3,6-7,9,16H2,1-2H3,(H,19,20). The number of nitrogens with one attached hydrogen (secondary N) is 1. The number of aliphatic hydroxyl groups excluding tert-OH is 1. The minimum atomic E-state index is -1.06. The van der Waals surface area contributed by atoms with Crippen LogP contribution in [0.4, 0.5) is 5.69 Å². The van der Waals surface area contributed by atoms with Crippen LogP contribution in [0.25, 0.3) is 0 Å². The minimum absolute atomic E-state index is 0.0972. The molecule has 0 saturated heterocycles. The first-order valence-corrected chi connectivity index (χ1v) is 7.08. The normalized spacial score (nSPS) is 13.7. The number of aliphatic carboxylic acids is 1. The third kappa shape index (κ3) is 5.61. The predicted octanol–water partition coefficient (Wildman–Crippen LogP) is 1.02. The van der Waals surface area contributed by atoms with Crippen molar-refractivity contribution in [3.05, 3.63) is 23.8 Å². The molecule has 0 heterocycles. The van der Waals surface area contributed by atoms with Crippen molar-refractivity contribution < 1.29 is 19.7 Å². The van der Waals surface area contributed by atoms with Crippen LogP contribution in [0.3, 0.4) is 0 Å². The fourth-order valence-corrected chi connectivity index (χ4v) is 2.03. The molecule has 2 atom stereocenters.